The van der Waals surface area contributed by atoms with Crippen LogP contribution in [-0.2, 0) is 9.59 Å². The Bertz CT molecular complexity index is 482. The molecule has 0 atom stereocenters. The van der Waals surface area contributed by atoms with Gasteiger partial charge in [-0.2, -0.15) is 0 Å². The van der Waals surface area contributed by atoms with Crippen molar-refractivity contribution in [2.45, 2.75) is 25.7 Å². The summed E-state index contributed by atoms with van der Waals surface area (Å²) in [4.78, 5) is 20.7. The molecule has 1 aromatic rings. The lowest BCUT2D eigenvalue weighted by molar-refractivity contribution is -0.159. The average molecular weight is 339 g/mol. The predicted molar refractivity (Wildman–Crippen MR) is 88.7 cm³/mol. The van der Waals surface area contributed by atoms with E-state index in [1.54, 1.807) is 7.11 Å². The maximum Gasteiger partial charge on any atom is 0.414 e. The van der Waals surface area contributed by atoms with Crippen LogP contribution in [0.15, 0.2) is 24.3 Å². The number of aliphatic carboxylic acids is 2. The van der Waals surface area contributed by atoms with Crippen LogP contribution in [0.4, 0.5) is 0 Å². The van der Waals surface area contributed by atoms with Crippen LogP contribution in [0.3, 0.4) is 0 Å². The zero-order valence-corrected chi connectivity index (χ0v) is 13.9. The van der Waals surface area contributed by atoms with E-state index in [1.165, 1.54) is 38.8 Å². The van der Waals surface area contributed by atoms with Crippen LogP contribution in [-0.4, -0.2) is 60.4 Å². The molecule has 1 aliphatic heterocycles. The minimum Gasteiger partial charge on any atom is -0.497 e. The number of benzene rings is 1. The monoisotopic (exact) mass is 339 g/mol. The van der Waals surface area contributed by atoms with Crippen molar-refractivity contribution < 1.29 is 29.3 Å². The van der Waals surface area contributed by atoms with Crippen molar-refractivity contribution in [1.82, 2.24) is 4.90 Å². The number of nitrogens with zero attached hydrogens (tertiary/aromatic N) is 1. The van der Waals surface area contributed by atoms with Crippen LogP contribution >= 0.6 is 0 Å². The first kappa shape index (κ1) is 19.8. The molecule has 0 spiro atoms. The molecule has 0 aromatic heterocycles. The molecule has 0 saturated carbocycles. The van der Waals surface area contributed by atoms with Gasteiger partial charge in [0.1, 0.15) is 18.1 Å². The van der Waals surface area contributed by atoms with E-state index in [2.05, 4.69) is 4.90 Å². The third-order valence-electron chi connectivity index (χ3n) is 3.62. The third-order valence-corrected chi connectivity index (χ3v) is 3.62. The van der Waals surface area contributed by atoms with E-state index >= 15 is 0 Å². The summed E-state index contributed by atoms with van der Waals surface area (Å²) >= 11 is 0. The van der Waals surface area contributed by atoms with Crippen LogP contribution in [0, 0.1) is 0 Å². The van der Waals surface area contributed by atoms with Crippen LogP contribution in [0.2, 0.25) is 0 Å². The van der Waals surface area contributed by atoms with Gasteiger partial charge in [0.2, 0.25) is 0 Å². The van der Waals surface area contributed by atoms with Crippen molar-refractivity contribution in [3.8, 4) is 11.5 Å². The van der Waals surface area contributed by atoms with Crippen molar-refractivity contribution >= 4 is 11.9 Å². The molecule has 0 amide bonds. The predicted octanol–water partition coefficient (Wildman–Crippen LogP) is 2.11. The number of hydrogen-bond donors (Lipinski definition) is 2. The molecule has 0 aliphatic carbocycles. The number of carbonyl (C=O) groups is 2. The smallest absolute Gasteiger partial charge is 0.414 e. The molecule has 7 nitrogen and oxygen atoms in total. The number of likely N-dealkylation sites (tertiary alicyclic amines) is 1. The molecule has 24 heavy (non-hydrogen) atoms. The molecule has 1 heterocycles. The zero-order valence-electron chi connectivity index (χ0n) is 13.9. The van der Waals surface area contributed by atoms with E-state index in [4.69, 9.17) is 29.3 Å². The normalized spacial score (nSPS) is 14.7. The Balaban J connectivity index is 0.000000413. The molecular formula is C17H25NO6. The fourth-order valence-electron chi connectivity index (χ4n) is 2.32. The molecule has 1 aromatic carbocycles. The van der Waals surface area contributed by atoms with Crippen LogP contribution in [0.5, 0.6) is 11.5 Å². The van der Waals surface area contributed by atoms with Gasteiger partial charge < -0.3 is 19.7 Å². The molecule has 1 saturated heterocycles. The fraction of sp³-hybridized carbons (Fsp3) is 0.529. The number of carboxylic acids is 2. The van der Waals surface area contributed by atoms with Crippen molar-refractivity contribution in [1.29, 1.82) is 0 Å². The Morgan fingerprint density at radius 2 is 1.46 bits per heavy atom. The second-order valence-electron chi connectivity index (χ2n) is 5.39. The van der Waals surface area contributed by atoms with Gasteiger partial charge in [0.15, 0.2) is 0 Å². The van der Waals surface area contributed by atoms with Gasteiger partial charge in [-0.05, 0) is 50.2 Å². The number of methoxy groups -OCH3 is 1. The standard InChI is InChI=1S/C15H23NO2.C2H2O4/c1-17-14-6-8-15(9-7-14)18-13-12-16-10-4-2-3-5-11-16;3-1(4)2(5)6/h6-9H,2-5,10-13H2,1H3;(H,3,4)(H,5,6). The zero-order chi connectivity index (χ0) is 17.8. The van der Waals surface area contributed by atoms with Gasteiger partial charge in [-0.1, -0.05) is 12.8 Å². The number of ether oxygens (including phenoxy) is 2. The van der Waals surface area contributed by atoms with Crippen molar-refractivity contribution in [2.75, 3.05) is 33.4 Å². The maximum atomic E-state index is 9.10. The minimum absolute atomic E-state index is 0.770. The summed E-state index contributed by atoms with van der Waals surface area (Å²) in [5.41, 5.74) is 0. The largest absolute Gasteiger partial charge is 0.497 e. The molecule has 1 aliphatic rings. The third kappa shape index (κ3) is 8.38. The lowest BCUT2D eigenvalue weighted by Gasteiger charge is -2.19. The average Bonchev–Trinajstić information content (AvgIpc) is 2.85. The van der Waals surface area contributed by atoms with Crippen molar-refractivity contribution in [3.63, 3.8) is 0 Å². The molecule has 2 rings (SSSR count). The van der Waals surface area contributed by atoms with Crippen LogP contribution in [0.25, 0.3) is 0 Å². The van der Waals surface area contributed by atoms with Gasteiger partial charge >= 0.3 is 11.9 Å². The lowest BCUT2D eigenvalue weighted by atomic mass is 10.2. The highest BCUT2D eigenvalue weighted by atomic mass is 16.5. The summed E-state index contributed by atoms with van der Waals surface area (Å²) in [6.07, 6.45) is 5.44. The second-order valence-corrected chi connectivity index (χ2v) is 5.39. The highest BCUT2D eigenvalue weighted by Gasteiger charge is 2.08. The first-order chi connectivity index (χ1) is 11.5. The number of rotatable bonds is 5. The van der Waals surface area contributed by atoms with E-state index in [9.17, 15) is 0 Å². The molecule has 0 unspecified atom stereocenters. The molecule has 2 N–H and O–H groups in total. The molecule has 0 bridgehead atoms. The van der Waals surface area contributed by atoms with Gasteiger partial charge in [0, 0.05) is 6.54 Å². The summed E-state index contributed by atoms with van der Waals surface area (Å²) in [5, 5.41) is 14.8. The second kappa shape index (κ2) is 11.3. The summed E-state index contributed by atoms with van der Waals surface area (Å²) in [6.45, 7) is 4.26. The molecule has 7 heteroatoms. The Morgan fingerprint density at radius 3 is 1.92 bits per heavy atom. The Kier molecular flexibility index (Phi) is 9.29. The van der Waals surface area contributed by atoms with Crippen molar-refractivity contribution in [3.05, 3.63) is 24.3 Å². The van der Waals surface area contributed by atoms with Crippen molar-refractivity contribution in [2.24, 2.45) is 0 Å². The van der Waals surface area contributed by atoms with Gasteiger partial charge in [0.05, 0.1) is 7.11 Å². The SMILES string of the molecule is COc1ccc(OCCN2CCCCCC2)cc1.O=C(O)C(=O)O. The minimum atomic E-state index is -1.82. The van der Waals surface area contributed by atoms with E-state index in [0.717, 1.165) is 24.7 Å². The summed E-state index contributed by atoms with van der Waals surface area (Å²) in [6, 6.07) is 7.78. The van der Waals surface area contributed by atoms with Crippen LogP contribution < -0.4 is 9.47 Å². The molecule has 0 radical (unpaired) electrons. The molecule has 1 fully saturated rings. The molecular weight excluding hydrogens is 314 g/mol. The Morgan fingerprint density at radius 1 is 0.958 bits per heavy atom. The lowest BCUT2D eigenvalue weighted by Crippen LogP contribution is -2.29. The summed E-state index contributed by atoms with van der Waals surface area (Å²) < 4.78 is 10.9. The fourth-order valence-corrected chi connectivity index (χ4v) is 2.32. The number of hydrogen-bond acceptors (Lipinski definition) is 5. The quantitative estimate of drug-likeness (QED) is 0.793. The summed E-state index contributed by atoms with van der Waals surface area (Å²) in [7, 11) is 1.68. The van der Waals surface area contributed by atoms with E-state index in [0.29, 0.717) is 0 Å². The van der Waals surface area contributed by atoms with E-state index < -0.39 is 11.9 Å². The number of carboxylic acid groups (broad SMARTS) is 2. The first-order valence-corrected chi connectivity index (χ1v) is 7.98. The topological polar surface area (TPSA) is 96.3 Å². The van der Waals surface area contributed by atoms with Crippen LogP contribution in [0.1, 0.15) is 25.7 Å². The maximum absolute atomic E-state index is 9.10. The highest BCUT2D eigenvalue weighted by molar-refractivity contribution is 6.27. The summed E-state index contributed by atoms with van der Waals surface area (Å²) in [5.74, 6) is -1.86. The highest BCUT2D eigenvalue weighted by Crippen LogP contribution is 2.17. The Labute approximate surface area is 141 Å². The Hall–Kier alpha value is -2.28. The molecule has 134 valence electrons. The van der Waals surface area contributed by atoms with E-state index in [1.807, 2.05) is 24.3 Å². The van der Waals surface area contributed by atoms with Gasteiger partial charge in [0.25, 0.3) is 0 Å². The van der Waals surface area contributed by atoms with E-state index in [-0.39, 0.29) is 0 Å². The van der Waals surface area contributed by atoms with Gasteiger partial charge in [-0.3, -0.25) is 4.90 Å². The van der Waals surface area contributed by atoms with Gasteiger partial charge in [-0.15, -0.1) is 0 Å². The van der Waals surface area contributed by atoms with Gasteiger partial charge in [-0.25, -0.2) is 9.59 Å². The first-order valence-electron chi connectivity index (χ1n) is 7.98.